The van der Waals surface area contributed by atoms with Crippen LogP contribution < -0.4 is 0 Å². The van der Waals surface area contributed by atoms with Crippen LogP contribution >= 0.6 is 0 Å². The van der Waals surface area contributed by atoms with Gasteiger partial charge in [0.25, 0.3) is 0 Å². The summed E-state index contributed by atoms with van der Waals surface area (Å²) in [6.45, 7) is 3.76. The van der Waals surface area contributed by atoms with Crippen LogP contribution in [0.1, 0.15) is 30.4 Å². The Balaban J connectivity index is 1.52. The Hall–Kier alpha value is -2.12. The lowest BCUT2D eigenvalue weighted by atomic mass is 10.0. The average Bonchev–Trinajstić information content (AvgIpc) is 3.19. The van der Waals surface area contributed by atoms with Crippen molar-refractivity contribution in [2.24, 2.45) is 5.92 Å². The lowest BCUT2D eigenvalue weighted by Gasteiger charge is -2.25. The zero-order chi connectivity index (χ0) is 14.9. The van der Waals surface area contributed by atoms with E-state index in [2.05, 4.69) is 47.3 Å². The topological polar surface area (TPSA) is 39.9 Å². The molecule has 0 radical (unpaired) electrons. The van der Waals surface area contributed by atoms with Crippen LogP contribution in [0, 0.1) is 24.7 Å². The highest BCUT2D eigenvalue weighted by Crippen LogP contribution is 2.28. The van der Waals surface area contributed by atoms with Crippen LogP contribution in [0.2, 0.25) is 0 Å². The quantitative estimate of drug-likeness (QED) is 0.817. The molecule has 1 aliphatic carbocycles. The van der Waals surface area contributed by atoms with Crippen molar-refractivity contribution in [3.05, 3.63) is 35.5 Å². The highest BCUT2D eigenvalue weighted by atomic mass is 16.5. The summed E-state index contributed by atoms with van der Waals surface area (Å²) in [7, 11) is 0. The Kier molecular flexibility index (Phi) is 3.44. The van der Waals surface area contributed by atoms with Gasteiger partial charge < -0.3 is 4.74 Å². The molecule has 1 aliphatic heterocycles. The van der Waals surface area contributed by atoms with Crippen molar-refractivity contribution >= 4 is 0 Å². The molecule has 1 saturated carbocycles. The maximum absolute atomic E-state index is 5.44. The molecule has 1 aromatic heterocycles. The summed E-state index contributed by atoms with van der Waals surface area (Å²) in [4.78, 5) is 0. The van der Waals surface area contributed by atoms with Gasteiger partial charge in [-0.05, 0) is 43.9 Å². The van der Waals surface area contributed by atoms with Crippen molar-refractivity contribution in [1.29, 1.82) is 0 Å². The van der Waals surface area contributed by atoms with E-state index >= 15 is 0 Å². The minimum absolute atomic E-state index is 0.302. The molecule has 4 heteroatoms. The molecule has 2 aliphatic rings. The Morgan fingerprint density at radius 3 is 2.86 bits per heavy atom. The fourth-order valence-electron chi connectivity index (χ4n) is 2.59. The van der Waals surface area contributed by atoms with Crippen molar-refractivity contribution in [3.8, 4) is 23.1 Å². The lowest BCUT2D eigenvalue weighted by Crippen LogP contribution is -2.31. The summed E-state index contributed by atoms with van der Waals surface area (Å²) in [5.41, 5.74) is 4.31. The summed E-state index contributed by atoms with van der Waals surface area (Å²) < 4.78 is 7.31. The molecule has 2 heterocycles. The summed E-state index contributed by atoms with van der Waals surface area (Å²) in [6.07, 6.45) is 5.94. The second-order valence-corrected chi connectivity index (χ2v) is 6.18. The molecule has 1 atom stereocenters. The number of hydrogen-bond acceptors (Lipinski definition) is 3. The number of aromatic nitrogens is 3. The number of rotatable bonds is 3. The van der Waals surface area contributed by atoms with Gasteiger partial charge in [-0.25, -0.2) is 4.68 Å². The highest BCUT2D eigenvalue weighted by Gasteiger charge is 2.19. The van der Waals surface area contributed by atoms with E-state index in [1.165, 1.54) is 18.4 Å². The minimum atomic E-state index is 0.302. The van der Waals surface area contributed by atoms with Gasteiger partial charge in [0.05, 0.1) is 18.8 Å². The predicted octanol–water partition coefficient (Wildman–Crippen LogP) is 2.80. The van der Waals surface area contributed by atoms with Gasteiger partial charge in [-0.3, -0.25) is 0 Å². The average molecular weight is 293 g/mol. The molecule has 0 amide bonds. The van der Waals surface area contributed by atoms with Gasteiger partial charge >= 0.3 is 0 Å². The first kappa shape index (κ1) is 13.5. The molecule has 112 valence electrons. The first-order chi connectivity index (χ1) is 10.8. The molecule has 1 aromatic carbocycles. The monoisotopic (exact) mass is 293 g/mol. The van der Waals surface area contributed by atoms with Gasteiger partial charge in [0.15, 0.2) is 0 Å². The Morgan fingerprint density at radius 1 is 1.32 bits per heavy atom. The van der Waals surface area contributed by atoms with Crippen molar-refractivity contribution in [2.45, 2.75) is 38.8 Å². The molecular weight excluding hydrogens is 274 g/mol. The molecule has 2 aromatic rings. The first-order valence-corrected chi connectivity index (χ1v) is 7.92. The van der Waals surface area contributed by atoms with E-state index in [4.69, 9.17) is 4.74 Å². The van der Waals surface area contributed by atoms with E-state index in [0.29, 0.717) is 12.0 Å². The van der Waals surface area contributed by atoms with Crippen LogP contribution in [0.3, 0.4) is 0 Å². The van der Waals surface area contributed by atoms with E-state index in [0.717, 1.165) is 36.4 Å². The second-order valence-electron chi connectivity index (χ2n) is 6.18. The SMILES string of the molecule is Cc1cc(C#CC2CC2)ccc1-c1cn(C[C@H]2CCO2)nn1. The molecule has 1 saturated heterocycles. The zero-order valence-corrected chi connectivity index (χ0v) is 12.7. The fourth-order valence-corrected chi connectivity index (χ4v) is 2.59. The highest BCUT2D eigenvalue weighted by molar-refractivity contribution is 5.64. The number of ether oxygens (including phenoxy) is 1. The van der Waals surface area contributed by atoms with Crippen LogP contribution in [-0.4, -0.2) is 27.7 Å². The van der Waals surface area contributed by atoms with E-state index in [-0.39, 0.29) is 0 Å². The molecule has 4 rings (SSSR count). The maximum atomic E-state index is 5.44. The summed E-state index contributed by atoms with van der Waals surface area (Å²) in [5, 5.41) is 8.50. The largest absolute Gasteiger partial charge is 0.376 e. The minimum Gasteiger partial charge on any atom is -0.376 e. The maximum Gasteiger partial charge on any atom is 0.113 e. The molecule has 0 bridgehead atoms. The third kappa shape index (κ3) is 2.90. The van der Waals surface area contributed by atoms with Crippen LogP contribution in [0.25, 0.3) is 11.3 Å². The molecule has 2 fully saturated rings. The zero-order valence-electron chi connectivity index (χ0n) is 12.7. The third-order valence-corrected chi connectivity index (χ3v) is 4.22. The van der Waals surface area contributed by atoms with Crippen molar-refractivity contribution in [1.82, 2.24) is 15.0 Å². The standard InChI is InChI=1S/C18H19N3O/c1-13-10-15(5-4-14-2-3-14)6-7-17(13)18-12-21(20-19-18)11-16-8-9-22-16/h6-7,10,12,14,16H,2-3,8-9,11H2,1H3/t16-/m1/s1. The van der Waals surface area contributed by atoms with Gasteiger partial charge in [0, 0.05) is 23.7 Å². The van der Waals surface area contributed by atoms with Crippen LogP contribution in [-0.2, 0) is 11.3 Å². The van der Waals surface area contributed by atoms with E-state index in [1.54, 1.807) is 0 Å². The third-order valence-electron chi connectivity index (χ3n) is 4.22. The summed E-state index contributed by atoms with van der Waals surface area (Å²) >= 11 is 0. The Morgan fingerprint density at radius 2 is 2.18 bits per heavy atom. The molecule has 0 unspecified atom stereocenters. The second kappa shape index (κ2) is 5.58. The smallest absolute Gasteiger partial charge is 0.113 e. The number of benzene rings is 1. The molecule has 4 nitrogen and oxygen atoms in total. The first-order valence-electron chi connectivity index (χ1n) is 7.92. The van der Waals surface area contributed by atoms with Crippen molar-refractivity contribution < 1.29 is 4.74 Å². The van der Waals surface area contributed by atoms with E-state index in [1.807, 2.05) is 10.9 Å². The molecule has 0 spiro atoms. The van der Waals surface area contributed by atoms with Gasteiger partial charge in [-0.1, -0.05) is 23.1 Å². The van der Waals surface area contributed by atoms with Gasteiger partial charge in [-0.15, -0.1) is 5.10 Å². The van der Waals surface area contributed by atoms with E-state index < -0.39 is 0 Å². The van der Waals surface area contributed by atoms with Gasteiger partial charge in [-0.2, -0.15) is 0 Å². The van der Waals surface area contributed by atoms with Gasteiger partial charge in [0.2, 0.25) is 0 Å². The van der Waals surface area contributed by atoms with E-state index in [9.17, 15) is 0 Å². The Bertz CT molecular complexity index is 745. The normalized spacial score (nSPS) is 20.1. The fraction of sp³-hybridized carbons (Fsp3) is 0.444. The Labute approximate surface area is 130 Å². The predicted molar refractivity (Wildman–Crippen MR) is 84.2 cm³/mol. The van der Waals surface area contributed by atoms with Crippen molar-refractivity contribution in [2.75, 3.05) is 6.61 Å². The molecule has 0 N–H and O–H groups in total. The summed E-state index contributed by atoms with van der Waals surface area (Å²) in [5.74, 6) is 7.20. The lowest BCUT2D eigenvalue weighted by molar-refractivity contribution is -0.0611. The molecular formula is C18H19N3O. The number of hydrogen-bond donors (Lipinski definition) is 0. The van der Waals surface area contributed by atoms with Gasteiger partial charge in [0.1, 0.15) is 5.69 Å². The molecule has 22 heavy (non-hydrogen) atoms. The number of aryl methyl sites for hydroxylation is 1. The van der Waals surface area contributed by atoms with Crippen LogP contribution in [0.4, 0.5) is 0 Å². The number of nitrogens with zero attached hydrogens (tertiary/aromatic N) is 3. The van der Waals surface area contributed by atoms with Crippen molar-refractivity contribution in [3.63, 3.8) is 0 Å². The van der Waals surface area contributed by atoms with Crippen LogP contribution in [0.15, 0.2) is 24.4 Å². The van der Waals surface area contributed by atoms with Crippen LogP contribution in [0.5, 0.6) is 0 Å². The summed E-state index contributed by atoms with van der Waals surface area (Å²) in [6, 6.07) is 6.31.